The number of hydrogen-bond donors (Lipinski definition) is 1. The molecule has 0 saturated carbocycles. The second-order valence-electron chi connectivity index (χ2n) is 4.30. The summed E-state index contributed by atoms with van der Waals surface area (Å²) in [6.07, 6.45) is -0.380. The Kier molecular flexibility index (Phi) is 2.69. The van der Waals surface area contributed by atoms with Crippen molar-refractivity contribution < 1.29 is 5.11 Å². The third-order valence-corrected chi connectivity index (χ3v) is 5.31. The summed E-state index contributed by atoms with van der Waals surface area (Å²) in [7, 11) is 0. The van der Waals surface area contributed by atoms with E-state index in [2.05, 4.69) is 70.6 Å². The fourth-order valence-electron chi connectivity index (χ4n) is 2.07. The van der Waals surface area contributed by atoms with Crippen LogP contribution in [-0.4, -0.2) is 9.93 Å². The molecule has 1 aromatic rings. The lowest BCUT2D eigenvalue weighted by atomic mass is 9.86. The fraction of sp³-hybridized carbons (Fsp3) is 0.455. The van der Waals surface area contributed by atoms with Crippen LogP contribution in [0.2, 0.25) is 0 Å². The summed E-state index contributed by atoms with van der Waals surface area (Å²) in [5.41, 5.74) is 2.34. The molecule has 1 nitrogen and oxygen atoms in total. The van der Waals surface area contributed by atoms with Crippen molar-refractivity contribution in [2.24, 2.45) is 0 Å². The monoisotopic (exact) mass is 366 g/mol. The third kappa shape index (κ3) is 1.44. The van der Waals surface area contributed by atoms with Crippen LogP contribution in [0.25, 0.3) is 0 Å². The van der Waals surface area contributed by atoms with Crippen molar-refractivity contribution >= 4 is 38.5 Å². The van der Waals surface area contributed by atoms with E-state index in [0.29, 0.717) is 0 Å². The van der Waals surface area contributed by atoms with Crippen molar-refractivity contribution in [3.63, 3.8) is 0 Å². The van der Waals surface area contributed by atoms with Crippen molar-refractivity contribution in [1.82, 2.24) is 0 Å². The Morgan fingerprint density at radius 1 is 1.43 bits per heavy atom. The number of fused-ring (bicyclic) bond motifs is 1. The van der Waals surface area contributed by atoms with Crippen molar-refractivity contribution in [1.29, 1.82) is 0 Å². The Morgan fingerprint density at radius 3 is 2.71 bits per heavy atom. The van der Waals surface area contributed by atoms with Crippen molar-refractivity contribution in [2.75, 3.05) is 0 Å². The molecule has 0 unspecified atom stereocenters. The van der Waals surface area contributed by atoms with E-state index in [1.54, 1.807) is 0 Å². The Hall–Kier alpha value is 0.390. The van der Waals surface area contributed by atoms with Crippen LogP contribution in [-0.2, 0) is 5.41 Å². The van der Waals surface area contributed by atoms with Crippen LogP contribution in [0.1, 0.15) is 31.1 Å². The Morgan fingerprint density at radius 2 is 2.07 bits per heavy atom. The minimum atomic E-state index is -0.380. The molecule has 1 aliphatic carbocycles. The summed E-state index contributed by atoms with van der Waals surface area (Å²) in [5.74, 6) is 0. The molecule has 0 aromatic heterocycles. The van der Waals surface area contributed by atoms with Crippen LogP contribution in [0.15, 0.2) is 18.2 Å². The van der Waals surface area contributed by atoms with Gasteiger partial charge in [0.25, 0.3) is 0 Å². The maximum atomic E-state index is 10.1. The highest BCUT2D eigenvalue weighted by atomic mass is 127. The molecule has 0 bridgehead atoms. The molecule has 0 radical (unpaired) electrons. The Bertz CT molecular complexity index is 376. The van der Waals surface area contributed by atoms with Gasteiger partial charge in [0.05, 0.1) is 10.9 Å². The number of aliphatic hydroxyl groups excluding tert-OH is 1. The minimum Gasteiger partial charge on any atom is -0.387 e. The molecule has 76 valence electrons. The lowest BCUT2D eigenvalue weighted by Gasteiger charge is -2.24. The minimum absolute atomic E-state index is 0.0130. The summed E-state index contributed by atoms with van der Waals surface area (Å²) >= 11 is 5.85. The average Bonchev–Trinajstić information content (AvgIpc) is 2.28. The molecule has 2 atom stereocenters. The van der Waals surface area contributed by atoms with Gasteiger partial charge in [0, 0.05) is 8.99 Å². The van der Waals surface area contributed by atoms with Gasteiger partial charge in [-0.2, -0.15) is 0 Å². The molecule has 1 aliphatic rings. The van der Waals surface area contributed by atoms with Gasteiger partial charge < -0.3 is 5.11 Å². The zero-order valence-electron chi connectivity index (χ0n) is 8.09. The molecule has 1 N–H and O–H groups in total. The fourth-order valence-corrected chi connectivity index (χ4v) is 3.11. The van der Waals surface area contributed by atoms with Crippen LogP contribution >= 0.6 is 38.5 Å². The highest BCUT2D eigenvalue weighted by Crippen LogP contribution is 2.48. The third-order valence-electron chi connectivity index (χ3n) is 2.99. The van der Waals surface area contributed by atoms with Gasteiger partial charge in [-0.15, -0.1) is 0 Å². The highest BCUT2D eigenvalue weighted by Gasteiger charge is 2.44. The van der Waals surface area contributed by atoms with Crippen LogP contribution in [0.5, 0.6) is 0 Å². The summed E-state index contributed by atoms with van der Waals surface area (Å²) in [4.78, 5) is 0.114. The van der Waals surface area contributed by atoms with Gasteiger partial charge in [-0.25, -0.2) is 0 Å². The standard InChI is InChI=1S/C11H12BrIO/c1-11(2)8-4-3-6(13)5-7(8)9(14)10(11)12/h3-5,9-10,14H,1-2H3/t9-,10+/m0/s1. The molecule has 2 rings (SSSR count). The first-order chi connectivity index (χ1) is 6.44. The van der Waals surface area contributed by atoms with Crippen LogP contribution in [0, 0.1) is 3.57 Å². The predicted octanol–water partition coefficient (Wildman–Crippen LogP) is 3.38. The quantitative estimate of drug-likeness (QED) is 0.551. The van der Waals surface area contributed by atoms with E-state index in [0.717, 1.165) is 5.56 Å². The van der Waals surface area contributed by atoms with Gasteiger partial charge in [0.15, 0.2) is 0 Å². The van der Waals surface area contributed by atoms with Gasteiger partial charge in [-0.05, 0) is 45.9 Å². The highest BCUT2D eigenvalue weighted by molar-refractivity contribution is 14.1. The molecule has 14 heavy (non-hydrogen) atoms. The van der Waals surface area contributed by atoms with E-state index in [1.807, 2.05) is 0 Å². The zero-order valence-corrected chi connectivity index (χ0v) is 11.8. The molecule has 0 heterocycles. The zero-order chi connectivity index (χ0) is 10.5. The molecule has 0 aliphatic heterocycles. The van der Waals surface area contributed by atoms with Crippen molar-refractivity contribution in [3.8, 4) is 0 Å². The van der Waals surface area contributed by atoms with Gasteiger partial charge >= 0.3 is 0 Å². The first kappa shape index (κ1) is 10.9. The average molecular weight is 367 g/mol. The Balaban J connectivity index is 2.62. The maximum absolute atomic E-state index is 10.1. The normalized spacial score (nSPS) is 28.9. The lowest BCUT2D eigenvalue weighted by Crippen LogP contribution is -2.25. The van der Waals surface area contributed by atoms with Gasteiger partial charge in [0.2, 0.25) is 0 Å². The van der Waals surface area contributed by atoms with Crippen molar-refractivity contribution in [2.45, 2.75) is 30.2 Å². The Labute approximate surface area is 106 Å². The molecular formula is C11H12BrIO. The molecule has 0 spiro atoms. The van der Waals surface area contributed by atoms with Crippen LogP contribution in [0.4, 0.5) is 0 Å². The largest absolute Gasteiger partial charge is 0.387 e. The van der Waals surface area contributed by atoms with E-state index in [4.69, 9.17) is 0 Å². The summed E-state index contributed by atoms with van der Waals surface area (Å²) < 4.78 is 1.18. The van der Waals surface area contributed by atoms with Gasteiger partial charge in [-0.1, -0.05) is 35.8 Å². The molecule has 1 aromatic carbocycles. The molecule has 0 amide bonds. The smallest absolute Gasteiger partial charge is 0.0926 e. The van der Waals surface area contributed by atoms with Crippen LogP contribution < -0.4 is 0 Å². The van der Waals surface area contributed by atoms with E-state index < -0.39 is 0 Å². The van der Waals surface area contributed by atoms with E-state index >= 15 is 0 Å². The second kappa shape index (κ2) is 3.46. The number of aliphatic hydroxyl groups is 1. The summed E-state index contributed by atoms with van der Waals surface area (Å²) in [5, 5.41) is 10.1. The number of hydrogen-bond acceptors (Lipinski definition) is 1. The van der Waals surface area contributed by atoms with Gasteiger partial charge in [0.1, 0.15) is 0 Å². The molecule has 0 fully saturated rings. The van der Waals surface area contributed by atoms with Crippen LogP contribution in [0.3, 0.4) is 0 Å². The number of halogens is 2. The number of alkyl halides is 1. The number of benzene rings is 1. The maximum Gasteiger partial charge on any atom is 0.0926 e. The molecular weight excluding hydrogens is 355 g/mol. The topological polar surface area (TPSA) is 20.2 Å². The van der Waals surface area contributed by atoms with Gasteiger partial charge in [-0.3, -0.25) is 0 Å². The predicted molar refractivity (Wildman–Crippen MR) is 69.9 cm³/mol. The molecule has 0 saturated heterocycles. The van der Waals surface area contributed by atoms with E-state index in [9.17, 15) is 5.11 Å². The first-order valence-electron chi connectivity index (χ1n) is 4.56. The second-order valence-corrected chi connectivity index (χ2v) is 6.53. The van der Waals surface area contributed by atoms with Crippen molar-refractivity contribution in [3.05, 3.63) is 32.9 Å². The van der Waals surface area contributed by atoms with E-state index in [-0.39, 0.29) is 16.3 Å². The number of rotatable bonds is 0. The lowest BCUT2D eigenvalue weighted by molar-refractivity contribution is 0.171. The SMILES string of the molecule is CC1(C)c2ccc(I)cc2[C@H](O)[C@H]1Br. The first-order valence-corrected chi connectivity index (χ1v) is 6.56. The summed E-state index contributed by atoms with van der Waals surface area (Å²) in [6.45, 7) is 4.32. The molecule has 3 heteroatoms. The summed E-state index contributed by atoms with van der Waals surface area (Å²) in [6, 6.07) is 6.30. The van der Waals surface area contributed by atoms with E-state index in [1.165, 1.54) is 9.13 Å².